The molecule has 0 radical (unpaired) electrons. The van der Waals surface area contributed by atoms with Gasteiger partial charge in [0.25, 0.3) is 0 Å². The van der Waals surface area contributed by atoms with Crippen LogP contribution in [0.25, 0.3) is 0 Å². The summed E-state index contributed by atoms with van der Waals surface area (Å²) in [6, 6.07) is 2.37. The van der Waals surface area contributed by atoms with Crippen molar-refractivity contribution in [1.29, 1.82) is 0 Å². The highest BCUT2D eigenvalue weighted by Gasteiger charge is 2.33. The van der Waals surface area contributed by atoms with Gasteiger partial charge in [0.05, 0.1) is 0 Å². The van der Waals surface area contributed by atoms with Gasteiger partial charge in [0.2, 0.25) is 0 Å². The summed E-state index contributed by atoms with van der Waals surface area (Å²) in [4.78, 5) is 0. The lowest BCUT2D eigenvalue weighted by atomic mass is 10.0. The second-order valence-electron chi connectivity index (χ2n) is 9.89. The summed E-state index contributed by atoms with van der Waals surface area (Å²) in [5.74, 6) is 0. The van der Waals surface area contributed by atoms with E-state index >= 15 is 0 Å². The third kappa shape index (κ3) is 20.5. The zero-order valence-corrected chi connectivity index (χ0v) is 23.3. The predicted molar refractivity (Wildman–Crippen MR) is 142 cm³/mol. The van der Waals surface area contributed by atoms with Crippen LogP contribution in [0, 0.1) is 0 Å². The summed E-state index contributed by atoms with van der Waals surface area (Å²) in [5.41, 5.74) is 0. The number of hydrogen-bond donors (Lipinski definition) is 0. The van der Waals surface area contributed by atoms with Gasteiger partial charge in [0.1, 0.15) is 0 Å². The van der Waals surface area contributed by atoms with Gasteiger partial charge in [0.15, 0.2) is 0 Å². The van der Waals surface area contributed by atoms with Crippen LogP contribution in [-0.4, -0.2) is 22.8 Å². The quantitative estimate of drug-likeness (QED) is 0.0951. The van der Waals surface area contributed by atoms with E-state index in [9.17, 15) is 0 Å². The predicted octanol–water partition coefficient (Wildman–Crippen LogP) is 10.3. The minimum absolute atomic E-state index is 1.18. The Bertz CT molecular complexity index is 331. The van der Waals surface area contributed by atoms with Crippen molar-refractivity contribution in [2.45, 2.75) is 167 Å². The Morgan fingerprint density at radius 1 is 0.355 bits per heavy atom. The highest BCUT2D eigenvalue weighted by Crippen LogP contribution is 2.25. The van der Waals surface area contributed by atoms with Gasteiger partial charge in [-0.05, 0) is 12.1 Å². The fraction of sp³-hybridized carbons (Fsp3) is 1.00. The maximum absolute atomic E-state index is 5.94. The van der Waals surface area contributed by atoms with Crippen LogP contribution in [0.2, 0.25) is 12.1 Å². The van der Waals surface area contributed by atoms with Gasteiger partial charge >= 0.3 is 8.56 Å². The first-order valence-electron chi connectivity index (χ1n) is 14.3. The van der Waals surface area contributed by atoms with Crippen LogP contribution >= 0.6 is 0 Å². The molecule has 0 unspecified atom stereocenters. The smallest absolute Gasteiger partial charge is 0.337 e. The lowest BCUT2D eigenvalue weighted by Crippen LogP contribution is -2.39. The van der Waals surface area contributed by atoms with Crippen molar-refractivity contribution in [3.8, 4) is 0 Å². The molecule has 0 aliphatic rings. The molecule has 0 spiro atoms. The fourth-order valence-corrected chi connectivity index (χ4v) is 7.54. The first-order chi connectivity index (χ1) is 15.2. The molecule has 0 N–H and O–H groups in total. The van der Waals surface area contributed by atoms with E-state index in [0.29, 0.717) is 0 Å². The topological polar surface area (TPSA) is 18.5 Å². The largest absolute Gasteiger partial charge is 0.398 e. The van der Waals surface area contributed by atoms with E-state index in [1.165, 1.54) is 153 Å². The van der Waals surface area contributed by atoms with Gasteiger partial charge in [-0.2, -0.15) is 0 Å². The molecule has 188 valence electrons. The van der Waals surface area contributed by atoms with Gasteiger partial charge < -0.3 is 8.85 Å². The SMILES string of the molecule is CCCCCCCCCCCCCCCCCCC[Si](CCCCCCC)(OC)OC. The fourth-order valence-electron chi connectivity index (χ4n) is 4.73. The van der Waals surface area contributed by atoms with Crippen LogP contribution in [0.1, 0.15) is 155 Å². The molecule has 0 heterocycles. The van der Waals surface area contributed by atoms with E-state index in [-0.39, 0.29) is 0 Å². The second-order valence-corrected chi connectivity index (χ2v) is 13.5. The molecule has 0 fully saturated rings. The summed E-state index contributed by atoms with van der Waals surface area (Å²) in [7, 11) is 1.86. The third-order valence-corrected chi connectivity index (χ3v) is 10.8. The van der Waals surface area contributed by atoms with Crippen LogP contribution in [-0.2, 0) is 8.85 Å². The Morgan fingerprint density at radius 2 is 0.581 bits per heavy atom. The number of rotatable bonds is 26. The summed E-state index contributed by atoms with van der Waals surface area (Å²) < 4.78 is 11.9. The first kappa shape index (κ1) is 31.1. The lowest BCUT2D eigenvalue weighted by molar-refractivity contribution is 0.238. The van der Waals surface area contributed by atoms with E-state index in [4.69, 9.17) is 8.85 Å². The van der Waals surface area contributed by atoms with Gasteiger partial charge in [-0.25, -0.2) is 0 Å². The van der Waals surface area contributed by atoms with Crippen molar-refractivity contribution < 1.29 is 8.85 Å². The van der Waals surface area contributed by atoms with Gasteiger partial charge in [-0.1, -0.05) is 155 Å². The van der Waals surface area contributed by atoms with Crippen LogP contribution in [0.15, 0.2) is 0 Å². The standard InChI is InChI=1S/C28H60O2Si/c1-5-7-9-11-12-13-14-15-16-17-18-19-20-21-22-24-26-28-31(29-3,30-4)27-25-23-10-8-6-2/h5-28H2,1-4H3. The number of hydrogen-bond acceptors (Lipinski definition) is 2. The minimum Gasteiger partial charge on any atom is -0.398 e. The van der Waals surface area contributed by atoms with Crippen molar-refractivity contribution in [2.24, 2.45) is 0 Å². The van der Waals surface area contributed by atoms with Crippen molar-refractivity contribution in [1.82, 2.24) is 0 Å². The number of unbranched alkanes of at least 4 members (excludes halogenated alkanes) is 20. The first-order valence-corrected chi connectivity index (χ1v) is 16.6. The van der Waals surface area contributed by atoms with Crippen LogP contribution in [0.5, 0.6) is 0 Å². The van der Waals surface area contributed by atoms with E-state index in [2.05, 4.69) is 13.8 Å². The maximum atomic E-state index is 5.94. The van der Waals surface area contributed by atoms with E-state index in [1.807, 2.05) is 14.2 Å². The zero-order valence-electron chi connectivity index (χ0n) is 22.3. The Hall–Kier alpha value is 0.137. The summed E-state index contributed by atoms with van der Waals surface area (Å²) in [5, 5.41) is 0. The summed E-state index contributed by atoms with van der Waals surface area (Å²) in [6.07, 6.45) is 31.0. The van der Waals surface area contributed by atoms with E-state index < -0.39 is 8.56 Å². The highest BCUT2D eigenvalue weighted by atomic mass is 28.4. The average molecular weight is 457 g/mol. The molecule has 0 aromatic heterocycles. The highest BCUT2D eigenvalue weighted by molar-refractivity contribution is 6.67. The normalized spacial score (nSPS) is 12.0. The van der Waals surface area contributed by atoms with Crippen molar-refractivity contribution in [2.75, 3.05) is 14.2 Å². The maximum Gasteiger partial charge on any atom is 0.337 e. The van der Waals surface area contributed by atoms with Crippen LogP contribution in [0.3, 0.4) is 0 Å². The molecule has 0 atom stereocenters. The lowest BCUT2D eigenvalue weighted by Gasteiger charge is -2.27. The Balaban J connectivity index is 3.44. The molecule has 0 aromatic carbocycles. The molecular formula is C28H60O2Si. The molecular weight excluding hydrogens is 396 g/mol. The Morgan fingerprint density at radius 3 is 0.806 bits per heavy atom. The van der Waals surface area contributed by atoms with E-state index in [1.54, 1.807) is 0 Å². The zero-order chi connectivity index (χ0) is 22.9. The monoisotopic (exact) mass is 456 g/mol. The van der Waals surface area contributed by atoms with Crippen molar-refractivity contribution >= 4 is 8.56 Å². The van der Waals surface area contributed by atoms with Crippen LogP contribution in [0.4, 0.5) is 0 Å². The molecule has 2 nitrogen and oxygen atoms in total. The molecule has 0 aromatic rings. The van der Waals surface area contributed by atoms with E-state index in [0.717, 1.165) is 0 Å². The molecule has 0 bridgehead atoms. The average Bonchev–Trinajstić information content (AvgIpc) is 2.79. The molecule has 0 rings (SSSR count). The molecule has 0 aliphatic carbocycles. The molecule has 0 aliphatic heterocycles. The van der Waals surface area contributed by atoms with Crippen molar-refractivity contribution in [3.63, 3.8) is 0 Å². The molecule has 0 saturated carbocycles. The summed E-state index contributed by atoms with van der Waals surface area (Å²) in [6.45, 7) is 4.58. The molecule has 0 amide bonds. The van der Waals surface area contributed by atoms with Gasteiger partial charge in [0, 0.05) is 14.2 Å². The Labute approximate surface area is 198 Å². The Kier molecular flexibility index (Phi) is 24.9. The molecule has 3 heteroatoms. The van der Waals surface area contributed by atoms with Crippen LogP contribution < -0.4 is 0 Å². The van der Waals surface area contributed by atoms with Crippen molar-refractivity contribution in [3.05, 3.63) is 0 Å². The molecule has 31 heavy (non-hydrogen) atoms. The second kappa shape index (κ2) is 24.8. The van der Waals surface area contributed by atoms with Gasteiger partial charge in [-0.15, -0.1) is 0 Å². The third-order valence-electron chi connectivity index (χ3n) is 7.07. The molecule has 0 saturated heterocycles. The summed E-state index contributed by atoms with van der Waals surface area (Å²) >= 11 is 0. The minimum atomic E-state index is -1.91. The van der Waals surface area contributed by atoms with Gasteiger partial charge in [-0.3, -0.25) is 0 Å².